The molecule has 0 saturated carbocycles. The number of amides is 1. The number of phenols is 1. The molecule has 3 heterocycles. The van der Waals surface area contributed by atoms with Crippen molar-refractivity contribution in [3.05, 3.63) is 54.1 Å². The normalized spacial score (nSPS) is 27.1. The molecular formula is C30H41N3O8S. The van der Waals surface area contributed by atoms with Crippen LogP contribution in [0.5, 0.6) is 5.75 Å². The van der Waals surface area contributed by atoms with Crippen molar-refractivity contribution in [2.24, 2.45) is 11.8 Å². The first-order valence-electron chi connectivity index (χ1n) is 14.4. The summed E-state index contributed by atoms with van der Waals surface area (Å²) in [5.41, 5.74) is 6.04. The molecule has 0 bridgehead atoms. The molecule has 0 spiro atoms. The minimum absolute atomic E-state index is 0.0198. The van der Waals surface area contributed by atoms with Crippen LogP contribution in [0, 0.1) is 11.8 Å². The summed E-state index contributed by atoms with van der Waals surface area (Å²) in [5.74, 6) is 0.129. The number of carbonyl (C=O) groups excluding carboxylic acids is 1. The molecule has 0 aliphatic carbocycles. The molecule has 42 heavy (non-hydrogen) atoms. The van der Waals surface area contributed by atoms with Crippen LogP contribution in [0.1, 0.15) is 39.7 Å². The van der Waals surface area contributed by atoms with Crippen molar-refractivity contribution in [1.82, 2.24) is 9.21 Å². The molecule has 11 nitrogen and oxygen atoms in total. The first-order valence-corrected chi connectivity index (χ1v) is 15.8. The molecule has 2 aromatic carbocycles. The van der Waals surface area contributed by atoms with Crippen molar-refractivity contribution in [2.45, 2.75) is 75.7 Å². The van der Waals surface area contributed by atoms with Crippen LogP contribution in [0.2, 0.25) is 0 Å². The lowest BCUT2D eigenvalue weighted by atomic mass is 9.99. The van der Waals surface area contributed by atoms with E-state index in [9.17, 15) is 18.3 Å². The van der Waals surface area contributed by atoms with E-state index in [0.717, 1.165) is 12.0 Å². The Balaban J connectivity index is 1.45. The van der Waals surface area contributed by atoms with Crippen molar-refractivity contribution < 1.29 is 37.3 Å². The van der Waals surface area contributed by atoms with Crippen molar-refractivity contribution in [2.75, 3.05) is 32.0 Å². The van der Waals surface area contributed by atoms with Crippen molar-refractivity contribution >= 4 is 21.8 Å². The Kier molecular flexibility index (Phi) is 8.73. The second-order valence-electron chi connectivity index (χ2n) is 12.1. The number of nitrogens with zero attached hydrogens (tertiary/aromatic N) is 2. The van der Waals surface area contributed by atoms with Crippen LogP contribution in [-0.2, 0) is 35.4 Å². The standard InChI is InChI=1S/C30H41N3O8S/c1-19(2)16-32(42(36,37)23-11-7-21(31)8-12-23)17-26-25(15-20-5-9-22(34)10-6-20)33(30(3,4)41-26)29(35)40-27-18-39-28-24(27)13-14-38-28/h5-12,19,24-28,34H,13-18,31H2,1-4H3/t24-,25-,26+,27?,28+/m0/s1. The van der Waals surface area contributed by atoms with Gasteiger partial charge >= 0.3 is 6.09 Å². The predicted molar refractivity (Wildman–Crippen MR) is 155 cm³/mol. The van der Waals surface area contributed by atoms with Crippen LogP contribution in [0.15, 0.2) is 53.4 Å². The topological polar surface area (TPSA) is 141 Å². The molecule has 3 saturated heterocycles. The third kappa shape index (κ3) is 6.37. The van der Waals surface area contributed by atoms with E-state index in [0.29, 0.717) is 18.7 Å². The molecule has 0 aromatic heterocycles. The zero-order chi connectivity index (χ0) is 30.2. The molecule has 2 aromatic rings. The average Bonchev–Trinajstić information content (AvgIpc) is 3.59. The van der Waals surface area contributed by atoms with E-state index >= 15 is 0 Å². The number of fused-ring (bicyclic) bond motifs is 1. The fraction of sp³-hybridized carbons (Fsp3) is 0.567. The number of nitrogens with two attached hydrogens (primary N) is 1. The molecule has 5 atom stereocenters. The van der Waals surface area contributed by atoms with Crippen LogP contribution in [0.4, 0.5) is 10.5 Å². The Bertz CT molecular complexity index is 1350. The van der Waals surface area contributed by atoms with E-state index in [-0.39, 0.29) is 48.5 Å². The largest absolute Gasteiger partial charge is 0.508 e. The molecule has 3 aliphatic rings. The van der Waals surface area contributed by atoms with Crippen LogP contribution in [0.25, 0.3) is 0 Å². The Morgan fingerprint density at radius 3 is 2.50 bits per heavy atom. The minimum atomic E-state index is -3.91. The highest BCUT2D eigenvalue weighted by molar-refractivity contribution is 7.89. The van der Waals surface area contributed by atoms with E-state index < -0.39 is 40.1 Å². The maximum atomic E-state index is 13.9. The Morgan fingerprint density at radius 1 is 1.14 bits per heavy atom. The van der Waals surface area contributed by atoms with Crippen LogP contribution < -0.4 is 5.73 Å². The summed E-state index contributed by atoms with van der Waals surface area (Å²) in [6.07, 6.45) is -0.936. The van der Waals surface area contributed by atoms with Gasteiger partial charge in [0.2, 0.25) is 10.0 Å². The quantitative estimate of drug-likeness (QED) is 0.412. The van der Waals surface area contributed by atoms with E-state index in [1.807, 2.05) is 13.8 Å². The number of nitrogen functional groups attached to an aromatic ring is 1. The van der Waals surface area contributed by atoms with Crippen LogP contribution in [0.3, 0.4) is 0 Å². The summed E-state index contributed by atoms with van der Waals surface area (Å²) in [7, 11) is -3.91. The molecule has 0 radical (unpaired) electrons. The SMILES string of the molecule is CC(C)CN(C[C@H]1OC(C)(C)N(C(=O)OC2CO[C@H]3OCC[C@@H]23)[C@H]1Cc1ccc(O)cc1)S(=O)(=O)c1ccc(N)cc1. The van der Waals surface area contributed by atoms with Gasteiger partial charge in [-0.2, -0.15) is 4.31 Å². The maximum absolute atomic E-state index is 13.9. The molecular weight excluding hydrogens is 562 g/mol. The number of benzene rings is 2. The van der Waals surface area contributed by atoms with Gasteiger partial charge in [-0.1, -0.05) is 26.0 Å². The fourth-order valence-corrected chi connectivity index (χ4v) is 7.70. The summed E-state index contributed by atoms with van der Waals surface area (Å²) in [4.78, 5) is 15.6. The zero-order valence-corrected chi connectivity index (χ0v) is 25.3. The van der Waals surface area contributed by atoms with E-state index in [1.165, 1.54) is 16.4 Å². The predicted octanol–water partition coefficient (Wildman–Crippen LogP) is 3.57. The monoisotopic (exact) mass is 603 g/mol. The summed E-state index contributed by atoms with van der Waals surface area (Å²) >= 11 is 0. The summed E-state index contributed by atoms with van der Waals surface area (Å²) in [5, 5.41) is 9.83. The number of anilines is 1. The first-order chi connectivity index (χ1) is 19.8. The van der Waals surface area contributed by atoms with Gasteiger partial charge in [0.05, 0.1) is 36.2 Å². The molecule has 1 amide bonds. The lowest BCUT2D eigenvalue weighted by molar-refractivity contribution is -0.0911. The number of sulfonamides is 1. The smallest absolute Gasteiger partial charge is 0.412 e. The van der Waals surface area contributed by atoms with Gasteiger partial charge < -0.3 is 29.8 Å². The Hall–Kier alpha value is -2.90. The molecule has 3 aliphatic heterocycles. The molecule has 12 heteroatoms. The van der Waals surface area contributed by atoms with Gasteiger partial charge in [0.25, 0.3) is 0 Å². The number of hydrogen-bond acceptors (Lipinski definition) is 9. The van der Waals surface area contributed by atoms with Gasteiger partial charge in [-0.15, -0.1) is 0 Å². The van der Waals surface area contributed by atoms with Gasteiger partial charge in [0.15, 0.2) is 6.29 Å². The highest BCUT2D eigenvalue weighted by Gasteiger charge is 2.53. The van der Waals surface area contributed by atoms with E-state index in [2.05, 4.69) is 0 Å². The number of rotatable bonds is 9. The number of ether oxygens (including phenoxy) is 4. The van der Waals surface area contributed by atoms with Gasteiger partial charge in [-0.25, -0.2) is 13.2 Å². The van der Waals surface area contributed by atoms with Crippen molar-refractivity contribution in [1.29, 1.82) is 0 Å². The fourth-order valence-electron chi connectivity index (χ4n) is 6.08. The number of hydrogen-bond donors (Lipinski definition) is 2. The van der Waals surface area contributed by atoms with Crippen LogP contribution >= 0.6 is 0 Å². The molecule has 230 valence electrons. The number of carbonyl (C=O) groups is 1. The zero-order valence-electron chi connectivity index (χ0n) is 24.5. The molecule has 3 N–H and O–H groups in total. The Morgan fingerprint density at radius 2 is 1.83 bits per heavy atom. The molecule has 1 unspecified atom stereocenters. The summed E-state index contributed by atoms with van der Waals surface area (Å²) < 4.78 is 52.9. The van der Waals surface area contributed by atoms with Crippen molar-refractivity contribution in [3.8, 4) is 5.75 Å². The Labute approximate surface area is 247 Å². The summed E-state index contributed by atoms with van der Waals surface area (Å²) in [6.45, 7) is 8.56. The third-order valence-corrected chi connectivity index (χ3v) is 9.91. The molecule has 5 rings (SSSR count). The second-order valence-corrected chi connectivity index (χ2v) is 14.1. The highest BCUT2D eigenvalue weighted by atomic mass is 32.2. The molecule has 3 fully saturated rings. The lowest BCUT2D eigenvalue weighted by Crippen LogP contribution is -2.51. The van der Waals surface area contributed by atoms with E-state index in [4.69, 9.17) is 24.7 Å². The average molecular weight is 604 g/mol. The van der Waals surface area contributed by atoms with Crippen molar-refractivity contribution in [3.63, 3.8) is 0 Å². The van der Waals surface area contributed by atoms with Gasteiger partial charge in [-0.05, 0) is 74.6 Å². The van der Waals surface area contributed by atoms with E-state index in [1.54, 1.807) is 55.1 Å². The lowest BCUT2D eigenvalue weighted by Gasteiger charge is -2.34. The maximum Gasteiger partial charge on any atom is 0.412 e. The number of phenolic OH excluding ortho intramolecular Hbond substituents is 1. The van der Waals surface area contributed by atoms with Crippen LogP contribution in [-0.4, -0.2) is 85.4 Å². The first kappa shape index (κ1) is 30.6. The van der Waals surface area contributed by atoms with Gasteiger partial charge in [0.1, 0.15) is 17.6 Å². The summed E-state index contributed by atoms with van der Waals surface area (Å²) in [6, 6.07) is 12.3. The third-order valence-electron chi connectivity index (χ3n) is 8.07. The highest BCUT2D eigenvalue weighted by Crippen LogP contribution is 2.38. The minimum Gasteiger partial charge on any atom is -0.508 e. The van der Waals surface area contributed by atoms with Gasteiger partial charge in [-0.3, -0.25) is 4.90 Å². The second kappa shape index (κ2) is 12.0. The number of aromatic hydroxyl groups is 1. The van der Waals surface area contributed by atoms with Gasteiger partial charge in [0, 0.05) is 18.8 Å².